The summed E-state index contributed by atoms with van der Waals surface area (Å²) in [4.78, 5) is 17.1. The lowest BCUT2D eigenvalue weighted by Crippen LogP contribution is -2.39. The Bertz CT molecular complexity index is 849. The van der Waals surface area contributed by atoms with Gasteiger partial charge in [-0.1, -0.05) is 0 Å². The summed E-state index contributed by atoms with van der Waals surface area (Å²) < 4.78 is 32.7. The Labute approximate surface area is 142 Å². The van der Waals surface area contributed by atoms with E-state index in [0.29, 0.717) is 31.3 Å². The third-order valence-electron chi connectivity index (χ3n) is 4.28. The fraction of sp³-hybridized carbons (Fsp3) is 0.294. The molecule has 0 saturated carbocycles. The van der Waals surface area contributed by atoms with Crippen LogP contribution >= 0.6 is 0 Å². The number of ether oxygens (including phenoxy) is 1. The second-order valence-corrected chi connectivity index (χ2v) is 5.90. The lowest BCUT2D eigenvalue weighted by molar-refractivity contribution is -0.0166. The fourth-order valence-corrected chi connectivity index (χ4v) is 3.01. The van der Waals surface area contributed by atoms with Crippen molar-refractivity contribution in [1.82, 2.24) is 24.8 Å². The van der Waals surface area contributed by atoms with Gasteiger partial charge in [0.2, 0.25) is 0 Å². The molecule has 1 unspecified atom stereocenters. The molecule has 8 heteroatoms. The van der Waals surface area contributed by atoms with Crippen LogP contribution in [0.25, 0.3) is 11.3 Å². The van der Waals surface area contributed by atoms with E-state index in [9.17, 15) is 8.78 Å². The first kappa shape index (κ1) is 15.9. The van der Waals surface area contributed by atoms with Gasteiger partial charge in [-0.15, -0.1) is 0 Å². The van der Waals surface area contributed by atoms with E-state index < -0.39 is 11.6 Å². The summed E-state index contributed by atoms with van der Waals surface area (Å²) in [6.07, 6.45) is 5.06. The van der Waals surface area contributed by atoms with Crippen LogP contribution in [0.5, 0.6) is 0 Å². The average Bonchev–Trinajstić information content (AvgIpc) is 3.27. The molecule has 1 aliphatic rings. The number of hydrogen-bond acceptors (Lipinski definition) is 4. The van der Waals surface area contributed by atoms with E-state index in [1.807, 2.05) is 0 Å². The number of H-pyrrole nitrogens is 2. The van der Waals surface area contributed by atoms with Crippen LogP contribution in [-0.2, 0) is 11.3 Å². The van der Waals surface area contributed by atoms with Crippen molar-refractivity contribution in [2.75, 3.05) is 19.8 Å². The first-order valence-electron chi connectivity index (χ1n) is 8.01. The van der Waals surface area contributed by atoms with Crippen LogP contribution in [-0.4, -0.2) is 44.6 Å². The summed E-state index contributed by atoms with van der Waals surface area (Å²) in [6, 6.07) is 3.41. The molecule has 1 aromatic carbocycles. The van der Waals surface area contributed by atoms with Gasteiger partial charge in [0.25, 0.3) is 0 Å². The molecule has 0 amide bonds. The number of hydrogen-bond donors (Lipinski definition) is 2. The summed E-state index contributed by atoms with van der Waals surface area (Å²) >= 11 is 0. The monoisotopic (exact) mass is 345 g/mol. The van der Waals surface area contributed by atoms with Crippen LogP contribution in [0.2, 0.25) is 0 Å². The molecule has 0 bridgehead atoms. The third-order valence-corrected chi connectivity index (χ3v) is 4.28. The Morgan fingerprint density at radius 1 is 1.28 bits per heavy atom. The maximum atomic E-state index is 14.0. The summed E-state index contributed by atoms with van der Waals surface area (Å²) in [7, 11) is 0. The van der Waals surface area contributed by atoms with E-state index in [1.165, 1.54) is 12.1 Å². The minimum atomic E-state index is -0.623. The zero-order chi connectivity index (χ0) is 17.2. The van der Waals surface area contributed by atoms with Gasteiger partial charge in [-0.3, -0.25) is 4.90 Å². The summed E-state index contributed by atoms with van der Waals surface area (Å²) in [6.45, 7) is 2.51. The van der Waals surface area contributed by atoms with Gasteiger partial charge in [0.05, 0.1) is 37.7 Å². The number of imidazole rings is 2. The van der Waals surface area contributed by atoms with Crippen molar-refractivity contribution in [2.45, 2.75) is 12.6 Å². The normalized spacial score (nSPS) is 18.6. The topological polar surface area (TPSA) is 69.8 Å². The number of benzene rings is 1. The van der Waals surface area contributed by atoms with Crippen LogP contribution in [0.1, 0.15) is 17.7 Å². The second-order valence-electron chi connectivity index (χ2n) is 5.90. The van der Waals surface area contributed by atoms with Crippen LogP contribution < -0.4 is 0 Å². The SMILES string of the molecule is Fc1ccc(-c2cnc(C3COCCN3Cc3ncc[nH]3)[nH]2)c(F)c1. The van der Waals surface area contributed by atoms with E-state index in [-0.39, 0.29) is 11.6 Å². The predicted molar refractivity (Wildman–Crippen MR) is 86.5 cm³/mol. The zero-order valence-corrected chi connectivity index (χ0v) is 13.4. The molecule has 1 fully saturated rings. The molecule has 130 valence electrons. The molecule has 1 saturated heterocycles. The predicted octanol–water partition coefficient (Wildman–Crippen LogP) is 2.65. The number of aromatic amines is 2. The Morgan fingerprint density at radius 2 is 2.20 bits per heavy atom. The second kappa shape index (κ2) is 6.73. The number of nitrogens with zero attached hydrogens (tertiary/aromatic N) is 3. The molecule has 25 heavy (non-hydrogen) atoms. The molecule has 3 heterocycles. The molecule has 4 rings (SSSR count). The molecule has 3 aromatic rings. The summed E-state index contributed by atoms with van der Waals surface area (Å²) in [5.74, 6) is 0.321. The van der Waals surface area contributed by atoms with Gasteiger partial charge in [0, 0.05) is 30.6 Å². The van der Waals surface area contributed by atoms with E-state index in [2.05, 4.69) is 24.8 Å². The number of halogens is 2. The van der Waals surface area contributed by atoms with Crippen molar-refractivity contribution in [3.05, 3.63) is 60.1 Å². The molecular weight excluding hydrogens is 328 g/mol. The van der Waals surface area contributed by atoms with Gasteiger partial charge in [-0.25, -0.2) is 18.7 Å². The minimum absolute atomic E-state index is 0.0869. The van der Waals surface area contributed by atoms with Crippen molar-refractivity contribution >= 4 is 0 Å². The van der Waals surface area contributed by atoms with E-state index in [1.54, 1.807) is 18.6 Å². The smallest absolute Gasteiger partial charge is 0.135 e. The highest BCUT2D eigenvalue weighted by Gasteiger charge is 2.28. The van der Waals surface area contributed by atoms with E-state index >= 15 is 0 Å². The molecule has 2 aromatic heterocycles. The Kier molecular flexibility index (Phi) is 4.29. The Hall–Kier alpha value is -2.58. The number of aromatic nitrogens is 4. The molecule has 1 aliphatic heterocycles. The average molecular weight is 345 g/mol. The fourth-order valence-electron chi connectivity index (χ4n) is 3.01. The summed E-state index contributed by atoms with van der Waals surface area (Å²) in [5, 5.41) is 0. The molecule has 0 aliphatic carbocycles. The minimum Gasteiger partial charge on any atom is -0.378 e. The van der Waals surface area contributed by atoms with Crippen LogP contribution in [0.4, 0.5) is 8.78 Å². The maximum absolute atomic E-state index is 14.0. The molecule has 0 spiro atoms. The highest BCUT2D eigenvalue weighted by molar-refractivity contribution is 5.59. The van der Waals surface area contributed by atoms with Crippen LogP contribution in [0, 0.1) is 11.6 Å². The van der Waals surface area contributed by atoms with Crippen molar-refractivity contribution in [3.63, 3.8) is 0 Å². The van der Waals surface area contributed by atoms with Crippen molar-refractivity contribution < 1.29 is 13.5 Å². The van der Waals surface area contributed by atoms with Gasteiger partial charge < -0.3 is 14.7 Å². The van der Waals surface area contributed by atoms with Gasteiger partial charge in [0.15, 0.2) is 0 Å². The highest BCUT2D eigenvalue weighted by Crippen LogP contribution is 2.27. The highest BCUT2D eigenvalue weighted by atomic mass is 19.1. The van der Waals surface area contributed by atoms with Crippen molar-refractivity contribution in [1.29, 1.82) is 0 Å². The lowest BCUT2D eigenvalue weighted by Gasteiger charge is -2.33. The van der Waals surface area contributed by atoms with E-state index in [0.717, 1.165) is 18.4 Å². The third kappa shape index (κ3) is 3.31. The first-order chi connectivity index (χ1) is 12.2. The van der Waals surface area contributed by atoms with Gasteiger partial charge >= 0.3 is 0 Å². The molecule has 2 N–H and O–H groups in total. The van der Waals surface area contributed by atoms with E-state index in [4.69, 9.17) is 4.74 Å². The summed E-state index contributed by atoms with van der Waals surface area (Å²) in [5.41, 5.74) is 0.797. The number of nitrogens with one attached hydrogen (secondary N) is 2. The van der Waals surface area contributed by atoms with Crippen LogP contribution in [0.15, 0.2) is 36.8 Å². The zero-order valence-electron chi connectivity index (χ0n) is 13.4. The number of rotatable bonds is 4. The molecular formula is C17H17F2N5O. The van der Waals surface area contributed by atoms with Crippen LogP contribution in [0.3, 0.4) is 0 Å². The van der Waals surface area contributed by atoms with Crippen molar-refractivity contribution in [3.8, 4) is 11.3 Å². The Morgan fingerprint density at radius 3 is 3.00 bits per heavy atom. The molecule has 1 atom stereocenters. The first-order valence-corrected chi connectivity index (χ1v) is 8.01. The molecule has 6 nitrogen and oxygen atoms in total. The largest absolute Gasteiger partial charge is 0.378 e. The lowest BCUT2D eigenvalue weighted by atomic mass is 10.1. The van der Waals surface area contributed by atoms with Crippen molar-refractivity contribution in [2.24, 2.45) is 0 Å². The maximum Gasteiger partial charge on any atom is 0.135 e. The van der Waals surface area contributed by atoms with Gasteiger partial charge in [-0.2, -0.15) is 0 Å². The quantitative estimate of drug-likeness (QED) is 0.763. The van der Waals surface area contributed by atoms with Gasteiger partial charge in [-0.05, 0) is 12.1 Å². The standard InChI is InChI=1S/C17H17F2N5O/c18-11-1-2-12(13(19)7-11)14-8-22-17(23-14)15-10-25-6-5-24(15)9-16-20-3-4-21-16/h1-4,7-8,15H,5-6,9-10H2,(H,20,21)(H,22,23). The molecule has 0 radical (unpaired) electrons. The Balaban J connectivity index is 1.59. The van der Waals surface area contributed by atoms with Gasteiger partial charge in [0.1, 0.15) is 23.3 Å². The number of morpholine rings is 1.